The van der Waals surface area contributed by atoms with Gasteiger partial charge in [-0.15, -0.1) is 0 Å². The van der Waals surface area contributed by atoms with E-state index in [0.29, 0.717) is 5.01 Å². The van der Waals surface area contributed by atoms with Crippen LogP contribution in [0, 0.1) is 0 Å². The van der Waals surface area contributed by atoms with E-state index in [1.165, 1.54) is 54.8 Å². The van der Waals surface area contributed by atoms with Gasteiger partial charge in [-0.25, -0.2) is 9.80 Å². The van der Waals surface area contributed by atoms with Crippen molar-refractivity contribution in [3.8, 4) is 5.75 Å². The van der Waals surface area contributed by atoms with Gasteiger partial charge in [0.05, 0.1) is 16.3 Å². The monoisotopic (exact) mass is 514 g/mol. The Hall–Kier alpha value is -3.95. The average molecular weight is 515 g/mol. The molecule has 35 heavy (non-hydrogen) atoms. The zero-order chi connectivity index (χ0) is 25.1. The third-order valence-electron chi connectivity index (χ3n) is 5.07. The Bertz CT molecular complexity index is 1300. The highest BCUT2D eigenvalue weighted by molar-refractivity contribution is 6.42. The zero-order valence-corrected chi connectivity index (χ0v) is 19.4. The zero-order valence-electron chi connectivity index (χ0n) is 17.9. The van der Waals surface area contributed by atoms with Crippen LogP contribution in [-0.4, -0.2) is 46.0 Å². The number of hydrogen-bond donors (Lipinski definition) is 0. The Morgan fingerprint density at radius 3 is 2.17 bits per heavy atom. The molecule has 0 bridgehead atoms. The Labute approximate surface area is 208 Å². The molecule has 0 saturated carbocycles. The van der Waals surface area contributed by atoms with Crippen LogP contribution in [0.4, 0.5) is 0 Å². The van der Waals surface area contributed by atoms with Gasteiger partial charge in [-0.1, -0.05) is 23.2 Å². The minimum Gasteiger partial charge on any atom is -0.457 e. The van der Waals surface area contributed by atoms with Crippen molar-refractivity contribution in [2.75, 3.05) is 6.54 Å². The highest BCUT2D eigenvalue weighted by Gasteiger charge is 2.38. The molecule has 1 aliphatic rings. The summed E-state index contributed by atoms with van der Waals surface area (Å²) >= 11 is 11.9. The molecule has 11 heteroatoms. The Balaban J connectivity index is 1.54. The molecule has 3 amide bonds. The minimum absolute atomic E-state index is 0.0153. The summed E-state index contributed by atoms with van der Waals surface area (Å²) in [6.07, 6.45) is 1.18. The SMILES string of the molecule is O=C(CN(C(=O)c1ccc(Cl)c(Cl)c1)N1C(=O)CCC1=O)c1ccc(OC(=O)c2ccco2)cc1. The quantitative estimate of drug-likeness (QED) is 0.201. The Morgan fingerprint density at radius 2 is 1.57 bits per heavy atom. The highest BCUT2D eigenvalue weighted by Crippen LogP contribution is 2.25. The van der Waals surface area contributed by atoms with E-state index in [0.717, 1.165) is 5.01 Å². The molecule has 4 rings (SSSR count). The molecule has 1 aliphatic heterocycles. The third kappa shape index (κ3) is 5.26. The van der Waals surface area contributed by atoms with E-state index in [-0.39, 0.29) is 45.5 Å². The third-order valence-corrected chi connectivity index (χ3v) is 5.81. The van der Waals surface area contributed by atoms with Gasteiger partial charge < -0.3 is 9.15 Å². The lowest BCUT2D eigenvalue weighted by molar-refractivity contribution is -0.152. The van der Waals surface area contributed by atoms with Gasteiger partial charge in [0.25, 0.3) is 5.91 Å². The van der Waals surface area contributed by atoms with Crippen LogP contribution in [0.5, 0.6) is 5.75 Å². The number of esters is 1. The Kier molecular flexibility index (Phi) is 6.99. The lowest BCUT2D eigenvalue weighted by atomic mass is 10.1. The van der Waals surface area contributed by atoms with Gasteiger partial charge in [-0.05, 0) is 54.6 Å². The number of imide groups is 1. The number of furan rings is 1. The van der Waals surface area contributed by atoms with E-state index in [1.807, 2.05) is 0 Å². The van der Waals surface area contributed by atoms with Gasteiger partial charge in [0, 0.05) is 24.0 Å². The van der Waals surface area contributed by atoms with Crippen LogP contribution in [0.1, 0.15) is 44.1 Å². The predicted molar refractivity (Wildman–Crippen MR) is 123 cm³/mol. The largest absolute Gasteiger partial charge is 0.457 e. The number of amides is 3. The summed E-state index contributed by atoms with van der Waals surface area (Å²) in [6, 6.07) is 12.6. The molecule has 3 aromatic rings. The number of carbonyl (C=O) groups is 5. The fraction of sp³-hybridized carbons (Fsp3) is 0.125. The van der Waals surface area contributed by atoms with E-state index in [1.54, 1.807) is 6.07 Å². The lowest BCUT2D eigenvalue weighted by Gasteiger charge is -2.29. The van der Waals surface area contributed by atoms with Crippen LogP contribution in [-0.2, 0) is 9.59 Å². The molecule has 9 nitrogen and oxygen atoms in total. The first kappa shape index (κ1) is 24.2. The molecule has 2 heterocycles. The summed E-state index contributed by atoms with van der Waals surface area (Å²) in [6.45, 7) is -0.595. The number of ketones is 1. The van der Waals surface area contributed by atoms with Gasteiger partial charge in [0.15, 0.2) is 5.78 Å². The van der Waals surface area contributed by atoms with Crippen molar-refractivity contribution >= 4 is 52.7 Å². The molecule has 1 fully saturated rings. The van der Waals surface area contributed by atoms with Crippen molar-refractivity contribution in [1.29, 1.82) is 0 Å². The molecule has 0 unspecified atom stereocenters. The number of hydrazine groups is 1. The first-order chi connectivity index (χ1) is 16.7. The number of nitrogens with zero attached hydrogens (tertiary/aromatic N) is 2. The van der Waals surface area contributed by atoms with E-state index >= 15 is 0 Å². The van der Waals surface area contributed by atoms with Crippen molar-refractivity contribution in [3.63, 3.8) is 0 Å². The van der Waals surface area contributed by atoms with Gasteiger partial charge in [-0.2, -0.15) is 5.01 Å². The van der Waals surface area contributed by atoms with Crippen LogP contribution in [0.2, 0.25) is 10.0 Å². The van der Waals surface area contributed by atoms with Crippen LogP contribution < -0.4 is 4.74 Å². The van der Waals surface area contributed by atoms with Crippen molar-refractivity contribution in [1.82, 2.24) is 10.0 Å². The fourth-order valence-electron chi connectivity index (χ4n) is 3.33. The molecule has 0 radical (unpaired) electrons. The summed E-state index contributed by atoms with van der Waals surface area (Å²) in [4.78, 5) is 62.9. The van der Waals surface area contributed by atoms with Crippen molar-refractivity contribution in [2.24, 2.45) is 0 Å². The summed E-state index contributed by atoms with van der Waals surface area (Å²) in [5, 5.41) is 1.79. The second-order valence-corrected chi connectivity index (χ2v) is 8.22. The standard InChI is InChI=1S/C24H16Cl2N2O7/c25-17-8-5-15(12-18(17)26)23(32)27(28-21(30)9-10-22(28)31)13-19(29)14-3-6-16(7-4-14)35-24(33)20-2-1-11-34-20/h1-8,11-12H,9-10,13H2. The van der Waals surface area contributed by atoms with E-state index < -0.39 is 36.0 Å². The topological polar surface area (TPSA) is 114 Å². The molecule has 0 atom stereocenters. The first-order valence-corrected chi connectivity index (χ1v) is 11.0. The van der Waals surface area contributed by atoms with E-state index in [9.17, 15) is 24.0 Å². The maximum absolute atomic E-state index is 13.2. The van der Waals surface area contributed by atoms with Crippen molar-refractivity contribution < 1.29 is 33.1 Å². The fourth-order valence-corrected chi connectivity index (χ4v) is 3.63. The summed E-state index contributed by atoms with van der Waals surface area (Å²) in [7, 11) is 0. The van der Waals surface area contributed by atoms with Crippen molar-refractivity contribution in [2.45, 2.75) is 12.8 Å². The second kappa shape index (κ2) is 10.1. The number of rotatable bonds is 7. The number of benzene rings is 2. The maximum atomic E-state index is 13.2. The summed E-state index contributed by atoms with van der Waals surface area (Å²) < 4.78 is 10.1. The van der Waals surface area contributed by atoms with E-state index in [2.05, 4.69) is 0 Å². The highest BCUT2D eigenvalue weighted by atomic mass is 35.5. The predicted octanol–water partition coefficient (Wildman–Crippen LogP) is 4.19. The molecule has 0 aliphatic carbocycles. The summed E-state index contributed by atoms with van der Waals surface area (Å²) in [5.74, 6) is -3.07. The molecule has 0 spiro atoms. The molecule has 1 aromatic heterocycles. The van der Waals surface area contributed by atoms with Gasteiger partial charge in [0.2, 0.25) is 17.6 Å². The van der Waals surface area contributed by atoms with Crippen molar-refractivity contribution in [3.05, 3.63) is 87.8 Å². The average Bonchev–Trinajstić information content (AvgIpc) is 3.50. The molecule has 2 aromatic carbocycles. The molecule has 178 valence electrons. The van der Waals surface area contributed by atoms with E-state index in [4.69, 9.17) is 32.4 Å². The number of halogens is 2. The van der Waals surface area contributed by atoms with Crippen LogP contribution >= 0.6 is 23.2 Å². The molecule has 1 saturated heterocycles. The number of ether oxygens (including phenoxy) is 1. The first-order valence-electron chi connectivity index (χ1n) is 10.3. The Morgan fingerprint density at radius 1 is 0.914 bits per heavy atom. The molecular weight excluding hydrogens is 499 g/mol. The second-order valence-electron chi connectivity index (χ2n) is 7.41. The lowest BCUT2D eigenvalue weighted by Crippen LogP contribution is -2.51. The summed E-state index contributed by atoms with van der Waals surface area (Å²) in [5.41, 5.74) is 0.203. The molecular formula is C24H16Cl2N2O7. The minimum atomic E-state index is -0.774. The molecule has 0 N–H and O–H groups in total. The number of hydrogen-bond acceptors (Lipinski definition) is 7. The number of Topliss-reactive ketones (excluding diaryl/α,β-unsaturated/α-hetero) is 1. The van der Waals surface area contributed by atoms with Gasteiger partial charge in [-0.3, -0.25) is 19.2 Å². The van der Waals surface area contributed by atoms with Gasteiger partial charge >= 0.3 is 5.97 Å². The van der Waals surface area contributed by atoms with Crippen LogP contribution in [0.25, 0.3) is 0 Å². The van der Waals surface area contributed by atoms with Crippen LogP contribution in [0.15, 0.2) is 65.3 Å². The number of carbonyl (C=O) groups excluding carboxylic acids is 5. The maximum Gasteiger partial charge on any atom is 0.379 e. The normalized spacial score (nSPS) is 13.1. The van der Waals surface area contributed by atoms with Crippen LogP contribution in [0.3, 0.4) is 0 Å². The smallest absolute Gasteiger partial charge is 0.379 e. The van der Waals surface area contributed by atoms with Gasteiger partial charge in [0.1, 0.15) is 12.3 Å².